The van der Waals surface area contributed by atoms with Crippen LogP contribution < -0.4 is 4.90 Å². The zero-order chi connectivity index (χ0) is 22.9. The molecule has 2 aliphatic rings. The number of carbonyl (C=O) groups is 2. The van der Waals surface area contributed by atoms with Gasteiger partial charge in [0.15, 0.2) is 0 Å². The molecule has 0 spiro atoms. The largest absolute Gasteiger partial charge is 0.361 e. The van der Waals surface area contributed by atoms with Gasteiger partial charge in [-0.2, -0.15) is 0 Å². The molecule has 0 unspecified atom stereocenters. The second-order valence-electron chi connectivity index (χ2n) is 9.22. The number of likely N-dealkylation sites (tertiary alicyclic amines) is 2. The third-order valence-electron chi connectivity index (χ3n) is 6.70. The summed E-state index contributed by atoms with van der Waals surface area (Å²) < 4.78 is 13.5. The molecule has 2 amide bonds. The summed E-state index contributed by atoms with van der Waals surface area (Å²) in [5, 5.41) is 0. The number of anilines is 1. The average molecular weight is 440 g/mol. The molecular formula is C24H30FN5O2. The normalized spacial score (nSPS) is 20.3. The zero-order valence-electron chi connectivity index (χ0n) is 18.9. The van der Waals surface area contributed by atoms with Crippen molar-refractivity contribution in [2.24, 2.45) is 5.41 Å². The summed E-state index contributed by atoms with van der Waals surface area (Å²) in [6.07, 6.45) is 6.45. The number of hydrogen-bond donors (Lipinski definition) is 0. The molecule has 0 radical (unpaired) electrons. The first kappa shape index (κ1) is 22.2. The minimum absolute atomic E-state index is 0.0707. The fourth-order valence-electron chi connectivity index (χ4n) is 4.63. The maximum absolute atomic E-state index is 13.6. The van der Waals surface area contributed by atoms with Crippen molar-refractivity contribution in [3.8, 4) is 0 Å². The highest BCUT2D eigenvalue weighted by Gasteiger charge is 2.44. The van der Waals surface area contributed by atoms with Crippen molar-refractivity contribution >= 4 is 17.6 Å². The van der Waals surface area contributed by atoms with Crippen LogP contribution >= 0.6 is 0 Å². The van der Waals surface area contributed by atoms with E-state index in [-0.39, 0.29) is 17.9 Å². The number of rotatable bonds is 4. The van der Waals surface area contributed by atoms with E-state index in [0.29, 0.717) is 38.0 Å². The number of aromatic nitrogens is 2. The van der Waals surface area contributed by atoms with Gasteiger partial charge in [0, 0.05) is 44.7 Å². The van der Waals surface area contributed by atoms with E-state index in [1.165, 1.54) is 12.1 Å². The third-order valence-corrected chi connectivity index (χ3v) is 6.70. The lowest BCUT2D eigenvalue weighted by molar-refractivity contribution is -0.144. The van der Waals surface area contributed by atoms with Gasteiger partial charge < -0.3 is 14.7 Å². The van der Waals surface area contributed by atoms with E-state index in [9.17, 15) is 14.0 Å². The van der Waals surface area contributed by atoms with Crippen molar-refractivity contribution in [3.63, 3.8) is 0 Å². The Morgan fingerprint density at radius 1 is 1.16 bits per heavy atom. The van der Waals surface area contributed by atoms with Crippen LogP contribution in [-0.4, -0.2) is 65.3 Å². The minimum atomic E-state index is -0.534. The summed E-state index contributed by atoms with van der Waals surface area (Å²) in [7, 11) is 3.84. The van der Waals surface area contributed by atoms with Gasteiger partial charge >= 0.3 is 0 Å². The number of hydrogen-bond acceptors (Lipinski definition) is 5. The van der Waals surface area contributed by atoms with Gasteiger partial charge in [0.25, 0.3) is 5.91 Å². The van der Waals surface area contributed by atoms with Crippen molar-refractivity contribution in [2.45, 2.75) is 38.6 Å². The predicted molar refractivity (Wildman–Crippen MR) is 120 cm³/mol. The van der Waals surface area contributed by atoms with Crippen LogP contribution in [0.2, 0.25) is 0 Å². The molecule has 1 aromatic carbocycles. The summed E-state index contributed by atoms with van der Waals surface area (Å²) >= 11 is 0. The molecule has 2 aliphatic heterocycles. The van der Waals surface area contributed by atoms with E-state index in [1.54, 1.807) is 29.4 Å². The highest BCUT2D eigenvalue weighted by Crippen LogP contribution is 2.39. The van der Waals surface area contributed by atoms with Crippen molar-refractivity contribution in [1.29, 1.82) is 0 Å². The molecule has 7 nitrogen and oxygen atoms in total. The van der Waals surface area contributed by atoms with Crippen LogP contribution in [0.15, 0.2) is 36.7 Å². The number of benzene rings is 1. The number of amides is 2. The van der Waals surface area contributed by atoms with E-state index in [1.807, 2.05) is 30.8 Å². The van der Waals surface area contributed by atoms with Crippen molar-refractivity contribution < 1.29 is 14.0 Å². The smallest absolute Gasteiger partial charge is 0.253 e. The summed E-state index contributed by atoms with van der Waals surface area (Å²) in [5.41, 5.74) is 0.636. The fraction of sp³-hybridized carbons (Fsp3) is 0.500. The first-order valence-electron chi connectivity index (χ1n) is 11.1. The van der Waals surface area contributed by atoms with Crippen molar-refractivity contribution in [1.82, 2.24) is 19.8 Å². The predicted octanol–water partition coefficient (Wildman–Crippen LogP) is 3.29. The van der Waals surface area contributed by atoms with E-state index < -0.39 is 11.2 Å². The SMILES string of the molecule is CN(C)c1cncc([C@@H]2CCCN2C(=O)C2(C)CCN(C(=O)c3cccc(F)c3)CC2)n1. The molecule has 1 atom stereocenters. The lowest BCUT2D eigenvalue weighted by Gasteiger charge is -2.41. The molecule has 0 bridgehead atoms. The summed E-state index contributed by atoms with van der Waals surface area (Å²) in [6, 6.07) is 5.69. The second-order valence-corrected chi connectivity index (χ2v) is 9.22. The molecular weight excluding hydrogens is 409 g/mol. The minimum Gasteiger partial charge on any atom is -0.361 e. The third kappa shape index (κ3) is 4.31. The molecule has 2 fully saturated rings. The Bertz CT molecular complexity index is 1000. The van der Waals surface area contributed by atoms with E-state index >= 15 is 0 Å². The molecule has 170 valence electrons. The quantitative estimate of drug-likeness (QED) is 0.731. The van der Waals surface area contributed by atoms with Gasteiger partial charge in [-0.1, -0.05) is 13.0 Å². The van der Waals surface area contributed by atoms with Gasteiger partial charge in [-0.3, -0.25) is 14.6 Å². The summed E-state index contributed by atoms with van der Waals surface area (Å²) in [5.74, 6) is 0.287. The number of nitrogens with zero attached hydrogens (tertiary/aromatic N) is 5. The van der Waals surface area contributed by atoms with E-state index in [0.717, 1.165) is 24.4 Å². The van der Waals surface area contributed by atoms with Crippen LogP contribution in [-0.2, 0) is 4.79 Å². The first-order chi connectivity index (χ1) is 15.3. The van der Waals surface area contributed by atoms with Crippen LogP contribution in [0.3, 0.4) is 0 Å². The molecule has 0 aliphatic carbocycles. The second kappa shape index (κ2) is 8.84. The standard InChI is InChI=1S/C24H30FN5O2/c1-24(9-12-29(13-10-24)22(31)17-6-4-7-18(25)14-17)23(32)30-11-5-8-20(30)19-15-26-16-21(27-19)28(2)3/h4,6-7,14-16,20H,5,8-13H2,1-3H3/t20-/m0/s1. The van der Waals surface area contributed by atoms with Gasteiger partial charge in [0.05, 0.1) is 24.1 Å². The van der Waals surface area contributed by atoms with Crippen LogP contribution in [0.5, 0.6) is 0 Å². The molecule has 4 rings (SSSR count). The van der Waals surface area contributed by atoms with Gasteiger partial charge in [0.2, 0.25) is 5.91 Å². The average Bonchev–Trinajstić information content (AvgIpc) is 3.28. The Kier molecular flexibility index (Phi) is 6.13. The summed E-state index contributed by atoms with van der Waals surface area (Å²) in [6.45, 7) is 3.66. The topological polar surface area (TPSA) is 69.6 Å². The van der Waals surface area contributed by atoms with Crippen LogP contribution in [0, 0.1) is 11.2 Å². The lowest BCUT2D eigenvalue weighted by Crippen LogP contribution is -2.50. The molecule has 0 saturated carbocycles. The first-order valence-corrected chi connectivity index (χ1v) is 11.1. The van der Waals surface area contributed by atoms with Gasteiger partial charge in [-0.15, -0.1) is 0 Å². The molecule has 0 N–H and O–H groups in total. The maximum atomic E-state index is 13.6. The Balaban J connectivity index is 1.45. The Morgan fingerprint density at radius 3 is 2.59 bits per heavy atom. The van der Waals surface area contributed by atoms with Crippen LogP contribution in [0.1, 0.15) is 54.7 Å². The van der Waals surface area contributed by atoms with Crippen LogP contribution in [0.25, 0.3) is 0 Å². The molecule has 1 aromatic heterocycles. The van der Waals surface area contributed by atoms with Gasteiger partial charge in [-0.05, 0) is 43.9 Å². The fourth-order valence-corrected chi connectivity index (χ4v) is 4.63. The molecule has 2 aromatic rings. The van der Waals surface area contributed by atoms with E-state index in [4.69, 9.17) is 4.98 Å². The number of carbonyl (C=O) groups excluding carboxylic acids is 2. The highest BCUT2D eigenvalue weighted by atomic mass is 19.1. The molecule has 8 heteroatoms. The molecule has 32 heavy (non-hydrogen) atoms. The van der Waals surface area contributed by atoms with Crippen molar-refractivity contribution in [2.75, 3.05) is 38.6 Å². The number of piperidine rings is 1. The highest BCUT2D eigenvalue weighted by molar-refractivity contribution is 5.94. The van der Waals surface area contributed by atoms with Gasteiger partial charge in [0.1, 0.15) is 11.6 Å². The molecule has 2 saturated heterocycles. The monoisotopic (exact) mass is 439 g/mol. The zero-order valence-corrected chi connectivity index (χ0v) is 18.9. The Hall–Kier alpha value is -3.03. The summed E-state index contributed by atoms with van der Waals surface area (Å²) in [4.78, 5) is 41.0. The van der Waals surface area contributed by atoms with Gasteiger partial charge in [-0.25, -0.2) is 9.37 Å². The Labute approximate surface area is 188 Å². The van der Waals surface area contributed by atoms with Crippen molar-refractivity contribution in [3.05, 3.63) is 53.7 Å². The van der Waals surface area contributed by atoms with E-state index in [2.05, 4.69) is 4.98 Å². The van der Waals surface area contributed by atoms with Crippen LogP contribution in [0.4, 0.5) is 10.2 Å². The number of halogens is 1. The Morgan fingerprint density at radius 2 is 1.91 bits per heavy atom. The molecule has 3 heterocycles. The lowest BCUT2D eigenvalue weighted by atomic mass is 9.78. The maximum Gasteiger partial charge on any atom is 0.253 e.